The Balaban J connectivity index is 1.71. The summed E-state index contributed by atoms with van der Waals surface area (Å²) >= 11 is 0. The fraction of sp³-hybridized carbons (Fsp3) is 0.737. The van der Waals surface area contributed by atoms with Gasteiger partial charge in [0.25, 0.3) is 0 Å². The van der Waals surface area contributed by atoms with Crippen molar-refractivity contribution >= 4 is 11.9 Å². The van der Waals surface area contributed by atoms with Crippen LogP contribution in [0.5, 0.6) is 0 Å². The van der Waals surface area contributed by atoms with E-state index in [0.29, 0.717) is 12.5 Å². The summed E-state index contributed by atoms with van der Waals surface area (Å²) in [6.07, 6.45) is 4.08. The molecule has 1 saturated heterocycles. The van der Waals surface area contributed by atoms with E-state index in [-0.39, 0.29) is 17.4 Å². The second kappa shape index (κ2) is 7.28. The molecule has 1 aliphatic heterocycles. The van der Waals surface area contributed by atoms with Crippen molar-refractivity contribution in [2.24, 2.45) is 11.3 Å². The first kappa shape index (κ1) is 18.1. The summed E-state index contributed by atoms with van der Waals surface area (Å²) in [7, 11) is 1.67. The predicted molar refractivity (Wildman–Crippen MR) is 97.6 cm³/mol. The van der Waals surface area contributed by atoms with Crippen LogP contribution in [0, 0.1) is 25.2 Å². The number of nitrogens with one attached hydrogen (secondary N) is 1. The Labute approximate surface area is 150 Å². The lowest BCUT2D eigenvalue weighted by Gasteiger charge is -2.22. The Morgan fingerprint density at radius 3 is 2.56 bits per heavy atom. The number of methoxy groups -OCH3 is 1. The highest BCUT2D eigenvalue weighted by Gasteiger charge is 2.51. The molecule has 3 rings (SSSR count). The minimum absolute atomic E-state index is 0.156. The van der Waals surface area contributed by atoms with Gasteiger partial charge in [0.1, 0.15) is 0 Å². The van der Waals surface area contributed by atoms with Crippen LogP contribution in [0.2, 0.25) is 0 Å². The van der Waals surface area contributed by atoms with Crippen LogP contribution in [0.25, 0.3) is 0 Å². The zero-order valence-electron chi connectivity index (χ0n) is 15.8. The predicted octanol–water partition coefficient (Wildman–Crippen LogP) is 2.24. The van der Waals surface area contributed by atoms with Gasteiger partial charge in [-0.25, -0.2) is 9.97 Å². The van der Waals surface area contributed by atoms with Gasteiger partial charge in [-0.2, -0.15) is 0 Å². The van der Waals surface area contributed by atoms with Crippen LogP contribution in [0.15, 0.2) is 6.07 Å². The van der Waals surface area contributed by atoms with Gasteiger partial charge >= 0.3 is 0 Å². The highest BCUT2D eigenvalue weighted by Crippen LogP contribution is 2.46. The Morgan fingerprint density at radius 1 is 1.32 bits per heavy atom. The SMILES string of the molecule is CCC[C@H]1CN(c2nc(C)cc(C)n2)C[C@@H]1NC(=O)C1(COC)CC1. The van der Waals surface area contributed by atoms with Gasteiger partial charge < -0.3 is 15.0 Å². The number of carbonyl (C=O) groups is 1. The monoisotopic (exact) mass is 346 g/mol. The van der Waals surface area contributed by atoms with E-state index in [1.54, 1.807) is 7.11 Å². The number of nitrogens with zero attached hydrogens (tertiary/aromatic N) is 3. The molecule has 0 aromatic carbocycles. The molecule has 25 heavy (non-hydrogen) atoms. The average Bonchev–Trinajstić information content (AvgIpc) is 3.23. The summed E-state index contributed by atoms with van der Waals surface area (Å²) in [5, 5.41) is 3.31. The first-order valence-corrected chi connectivity index (χ1v) is 9.34. The molecule has 2 heterocycles. The molecule has 1 aromatic heterocycles. The molecule has 0 spiro atoms. The van der Waals surface area contributed by atoms with E-state index >= 15 is 0 Å². The molecule has 138 valence electrons. The Morgan fingerprint density at radius 2 is 2.00 bits per heavy atom. The number of carbonyl (C=O) groups excluding carboxylic acids is 1. The van der Waals surface area contributed by atoms with E-state index < -0.39 is 0 Å². The number of rotatable bonds is 7. The third-order valence-electron chi connectivity index (χ3n) is 5.43. The fourth-order valence-corrected chi connectivity index (χ4v) is 3.90. The lowest BCUT2D eigenvalue weighted by atomic mass is 9.97. The van der Waals surface area contributed by atoms with Crippen molar-refractivity contribution in [3.05, 3.63) is 17.5 Å². The number of ether oxygens (including phenoxy) is 1. The van der Waals surface area contributed by atoms with E-state index in [0.717, 1.165) is 56.1 Å². The van der Waals surface area contributed by atoms with Crippen LogP contribution in [-0.4, -0.2) is 48.7 Å². The van der Waals surface area contributed by atoms with Crippen LogP contribution >= 0.6 is 0 Å². The van der Waals surface area contributed by atoms with Crippen molar-refractivity contribution in [2.45, 2.75) is 52.5 Å². The molecule has 1 amide bonds. The van der Waals surface area contributed by atoms with Gasteiger partial charge in [0.2, 0.25) is 11.9 Å². The van der Waals surface area contributed by atoms with Crippen LogP contribution in [0.1, 0.15) is 44.0 Å². The minimum Gasteiger partial charge on any atom is -0.384 e. The summed E-state index contributed by atoms with van der Waals surface area (Å²) < 4.78 is 5.25. The maximum absolute atomic E-state index is 12.7. The van der Waals surface area contributed by atoms with Crippen molar-refractivity contribution < 1.29 is 9.53 Å². The van der Waals surface area contributed by atoms with Gasteiger partial charge in [-0.05, 0) is 45.1 Å². The number of anilines is 1. The summed E-state index contributed by atoms with van der Waals surface area (Å²) in [6.45, 7) is 8.40. The molecule has 0 unspecified atom stereocenters. The molecule has 2 atom stereocenters. The van der Waals surface area contributed by atoms with Gasteiger partial charge in [-0.3, -0.25) is 4.79 Å². The third kappa shape index (κ3) is 3.94. The standard InChI is InChI=1S/C19H30N4O2/c1-5-6-15-10-23(18-20-13(2)9-14(3)21-18)11-16(15)22-17(24)19(7-8-19)12-25-4/h9,15-16H,5-8,10-12H2,1-4H3,(H,22,24)/t15-,16-/m0/s1. The molecular formula is C19H30N4O2. The van der Waals surface area contributed by atoms with Gasteiger partial charge in [0.15, 0.2) is 0 Å². The molecule has 1 saturated carbocycles. The lowest BCUT2D eigenvalue weighted by molar-refractivity contribution is -0.129. The summed E-state index contributed by atoms with van der Waals surface area (Å²) in [6, 6.07) is 2.15. The second-order valence-corrected chi connectivity index (χ2v) is 7.70. The molecule has 6 heteroatoms. The maximum atomic E-state index is 12.7. The first-order chi connectivity index (χ1) is 12.0. The second-order valence-electron chi connectivity index (χ2n) is 7.70. The molecule has 2 aliphatic rings. The molecule has 1 N–H and O–H groups in total. The molecule has 6 nitrogen and oxygen atoms in total. The van der Waals surface area contributed by atoms with Crippen LogP contribution in [0.3, 0.4) is 0 Å². The quantitative estimate of drug-likeness (QED) is 0.820. The lowest BCUT2D eigenvalue weighted by Crippen LogP contribution is -2.45. The number of amides is 1. The largest absolute Gasteiger partial charge is 0.384 e. The van der Waals surface area contributed by atoms with E-state index in [2.05, 4.69) is 27.1 Å². The minimum atomic E-state index is -0.282. The van der Waals surface area contributed by atoms with Crippen molar-refractivity contribution in [1.29, 1.82) is 0 Å². The Bertz CT molecular complexity index is 610. The highest BCUT2D eigenvalue weighted by molar-refractivity contribution is 5.85. The van der Waals surface area contributed by atoms with Gasteiger partial charge in [-0.1, -0.05) is 13.3 Å². The molecule has 1 aromatic rings. The topological polar surface area (TPSA) is 67.4 Å². The van der Waals surface area contributed by atoms with Crippen molar-refractivity contribution in [3.8, 4) is 0 Å². The van der Waals surface area contributed by atoms with Crippen molar-refractivity contribution in [1.82, 2.24) is 15.3 Å². The van der Waals surface area contributed by atoms with Crippen LogP contribution in [0.4, 0.5) is 5.95 Å². The van der Waals surface area contributed by atoms with Crippen LogP contribution < -0.4 is 10.2 Å². The van der Waals surface area contributed by atoms with E-state index in [1.165, 1.54) is 0 Å². The Kier molecular flexibility index (Phi) is 5.27. The van der Waals surface area contributed by atoms with E-state index in [9.17, 15) is 4.79 Å². The number of aryl methyl sites for hydroxylation is 2. The molecule has 0 radical (unpaired) electrons. The van der Waals surface area contributed by atoms with E-state index in [4.69, 9.17) is 4.74 Å². The highest BCUT2D eigenvalue weighted by atomic mass is 16.5. The average molecular weight is 346 g/mol. The molecule has 0 bridgehead atoms. The summed E-state index contributed by atoms with van der Waals surface area (Å²) in [4.78, 5) is 24.2. The number of aromatic nitrogens is 2. The van der Waals surface area contributed by atoms with Crippen molar-refractivity contribution in [3.63, 3.8) is 0 Å². The van der Waals surface area contributed by atoms with Gasteiger partial charge in [0.05, 0.1) is 18.1 Å². The maximum Gasteiger partial charge on any atom is 0.228 e. The van der Waals surface area contributed by atoms with Gasteiger partial charge in [-0.15, -0.1) is 0 Å². The third-order valence-corrected chi connectivity index (χ3v) is 5.43. The molecule has 2 fully saturated rings. The van der Waals surface area contributed by atoms with Crippen molar-refractivity contribution in [2.75, 3.05) is 31.7 Å². The first-order valence-electron chi connectivity index (χ1n) is 9.34. The fourth-order valence-electron chi connectivity index (χ4n) is 3.90. The zero-order chi connectivity index (χ0) is 18.0. The summed E-state index contributed by atoms with van der Waals surface area (Å²) in [5.74, 6) is 1.38. The summed E-state index contributed by atoms with van der Waals surface area (Å²) in [5.41, 5.74) is 1.69. The van der Waals surface area contributed by atoms with Gasteiger partial charge in [0, 0.05) is 31.6 Å². The van der Waals surface area contributed by atoms with Crippen LogP contribution in [-0.2, 0) is 9.53 Å². The molecular weight excluding hydrogens is 316 g/mol. The normalized spacial score (nSPS) is 24.4. The number of hydrogen-bond acceptors (Lipinski definition) is 5. The number of hydrogen-bond donors (Lipinski definition) is 1. The molecule has 1 aliphatic carbocycles. The smallest absolute Gasteiger partial charge is 0.228 e. The van der Waals surface area contributed by atoms with E-state index in [1.807, 2.05) is 19.9 Å². The zero-order valence-corrected chi connectivity index (χ0v) is 15.8. The Hall–Kier alpha value is -1.69.